The number of nitrogens with zero attached hydrogens (tertiary/aromatic N) is 1. The number of methoxy groups -OCH3 is 1. The third-order valence-electron chi connectivity index (χ3n) is 3.81. The highest BCUT2D eigenvalue weighted by Crippen LogP contribution is 2.32. The average molecular weight is 479 g/mol. The van der Waals surface area contributed by atoms with Gasteiger partial charge < -0.3 is 29.6 Å². The second-order valence-electron chi connectivity index (χ2n) is 5.68. The third kappa shape index (κ3) is 8.41. The Hall–Kier alpha value is -1.26. The van der Waals surface area contributed by atoms with Crippen molar-refractivity contribution in [1.82, 2.24) is 10.6 Å². The predicted octanol–water partition coefficient (Wildman–Crippen LogP) is 2.18. The minimum absolute atomic E-state index is 0. The Morgan fingerprint density at radius 1 is 1.08 bits per heavy atom. The summed E-state index contributed by atoms with van der Waals surface area (Å²) in [4.78, 5) is 4.24. The molecule has 0 bridgehead atoms. The van der Waals surface area contributed by atoms with E-state index in [2.05, 4.69) is 21.7 Å². The second-order valence-corrected chi connectivity index (χ2v) is 5.68. The van der Waals surface area contributed by atoms with Crippen molar-refractivity contribution in [1.29, 1.82) is 0 Å². The summed E-state index contributed by atoms with van der Waals surface area (Å²) in [6.45, 7) is 4.06. The molecule has 0 spiro atoms. The molecule has 0 saturated heterocycles. The lowest BCUT2D eigenvalue weighted by Crippen LogP contribution is -2.38. The number of fused-ring (bicyclic) bond motifs is 1. The molecule has 2 rings (SSSR count). The van der Waals surface area contributed by atoms with E-state index in [0.29, 0.717) is 20.0 Å². The smallest absolute Gasteiger partial charge is 0.231 e. The van der Waals surface area contributed by atoms with E-state index in [1.807, 2.05) is 12.1 Å². The first-order valence-corrected chi connectivity index (χ1v) is 8.73. The molecule has 7 nitrogen and oxygen atoms in total. The Balaban J connectivity index is 0.00000338. The van der Waals surface area contributed by atoms with E-state index in [9.17, 15) is 0 Å². The minimum Gasteiger partial charge on any atom is -0.454 e. The molecule has 0 fully saturated rings. The molecule has 0 unspecified atom stereocenters. The van der Waals surface area contributed by atoms with E-state index >= 15 is 0 Å². The summed E-state index contributed by atoms with van der Waals surface area (Å²) < 4.78 is 21.1. The molecule has 0 atom stereocenters. The Labute approximate surface area is 172 Å². The van der Waals surface area contributed by atoms with Crippen molar-refractivity contribution in [3.05, 3.63) is 23.8 Å². The van der Waals surface area contributed by atoms with Crippen LogP contribution in [-0.4, -0.2) is 59.8 Å². The van der Waals surface area contributed by atoms with Gasteiger partial charge in [0.15, 0.2) is 17.5 Å². The van der Waals surface area contributed by atoms with Crippen LogP contribution in [0.15, 0.2) is 23.2 Å². The van der Waals surface area contributed by atoms with Crippen LogP contribution in [0.5, 0.6) is 11.5 Å². The van der Waals surface area contributed by atoms with Gasteiger partial charge in [-0.15, -0.1) is 24.0 Å². The van der Waals surface area contributed by atoms with Crippen LogP contribution in [0.4, 0.5) is 0 Å². The van der Waals surface area contributed by atoms with Crippen molar-refractivity contribution in [2.45, 2.75) is 19.3 Å². The van der Waals surface area contributed by atoms with E-state index in [-0.39, 0.29) is 24.0 Å². The molecule has 0 aromatic heterocycles. The van der Waals surface area contributed by atoms with Crippen LogP contribution >= 0.6 is 24.0 Å². The maximum absolute atomic E-state index is 5.44. The Morgan fingerprint density at radius 3 is 2.69 bits per heavy atom. The number of halogens is 1. The summed E-state index contributed by atoms with van der Waals surface area (Å²) in [5.74, 6) is 2.47. The van der Waals surface area contributed by atoms with Crippen LogP contribution in [0.2, 0.25) is 0 Å². The first-order valence-electron chi connectivity index (χ1n) is 8.73. The normalized spacial score (nSPS) is 12.6. The molecule has 0 saturated carbocycles. The first-order chi connectivity index (χ1) is 12.3. The fraction of sp³-hybridized carbons (Fsp3) is 0.611. The molecule has 1 aliphatic rings. The zero-order valence-corrected chi connectivity index (χ0v) is 17.9. The summed E-state index contributed by atoms with van der Waals surface area (Å²) in [5.41, 5.74) is 1.21. The molecule has 1 aromatic carbocycles. The van der Waals surface area contributed by atoms with E-state index in [0.717, 1.165) is 56.4 Å². The number of ether oxygens (including phenoxy) is 4. The Morgan fingerprint density at radius 2 is 1.88 bits per heavy atom. The van der Waals surface area contributed by atoms with Crippen LogP contribution in [0.25, 0.3) is 0 Å². The van der Waals surface area contributed by atoms with Gasteiger partial charge in [-0.05, 0) is 37.0 Å². The van der Waals surface area contributed by atoms with Crippen molar-refractivity contribution in [3.8, 4) is 11.5 Å². The number of hydrogen-bond acceptors (Lipinski definition) is 5. The van der Waals surface area contributed by atoms with Crippen molar-refractivity contribution in [3.63, 3.8) is 0 Å². The number of benzene rings is 1. The standard InChI is InChI=1S/C18H29N3O4.HI/c1-19-18(20-8-3-4-10-23-12-11-22-2)21-9-7-15-5-6-16-17(13-15)25-14-24-16;/h5-6,13H,3-4,7-12,14H2,1-2H3,(H2,19,20,21);1H. The molecular formula is C18H30IN3O4. The molecule has 1 aliphatic heterocycles. The van der Waals surface area contributed by atoms with Gasteiger partial charge in [-0.2, -0.15) is 0 Å². The van der Waals surface area contributed by atoms with Crippen molar-refractivity contribution >= 4 is 29.9 Å². The van der Waals surface area contributed by atoms with Crippen LogP contribution in [-0.2, 0) is 15.9 Å². The van der Waals surface area contributed by atoms with Gasteiger partial charge in [0.2, 0.25) is 6.79 Å². The lowest BCUT2D eigenvalue weighted by Gasteiger charge is -2.12. The molecule has 1 heterocycles. The quantitative estimate of drug-likeness (QED) is 0.220. The Kier molecular flexibility index (Phi) is 12.2. The highest BCUT2D eigenvalue weighted by Gasteiger charge is 2.12. The van der Waals surface area contributed by atoms with Gasteiger partial charge >= 0.3 is 0 Å². The van der Waals surface area contributed by atoms with Crippen LogP contribution in [0, 0.1) is 0 Å². The van der Waals surface area contributed by atoms with Gasteiger partial charge in [-0.3, -0.25) is 4.99 Å². The maximum Gasteiger partial charge on any atom is 0.231 e. The summed E-state index contributed by atoms with van der Waals surface area (Å²) in [5, 5.41) is 6.64. The number of guanidine groups is 1. The topological polar surface area (TPSA) is 73.3 Å². The van der Waals surface area contributed by atoms with Crippen LogP contribution < -0.4 is 20.1 Å². The van der Waals surface area contributed by atoms with Gasteiger partial charge in [0.1, 0.15) is 0 Å². The molecular weight excluding hydrogens is 449 g/mol. The molecule has 0 radical (unpaired) electrons. The van der Waals surface area contributed by atoms with Crippen LogP contribution in [0.3, 0.4) is 0 Å². The monoisotopic (exact) mass is 479 g/mol. The lowest BCUT2D eigenvalue weighted by atomic mass is 10.1. The SMILES string of the molecule is CN=C(NCCCCOCCOC)NCCc1ccc2c(c1)OCO2.I. The molecule has 1 aromatic rings. The molecule has 2 N–H and O–H groups in total. The fourth-order valence-electron chi connectivity index (χ4n) is 2.42. The van der Waals surface area contributed by atoms with Crippen molar-refractivity contribution in [2.75, 3.05) is 53.9 Å². The molecule has 148 valence electrons. The summed E-state index contributed by atoms with van der Waals surface area (Å²) in [7, 11) is 3.46. The van der Waals surface area contributed by atoms with Crippen molar-refractivity contribution < 1.29 is 18.9 Å². The van der Waals surface area contributed by atoms with Gasteiger partial charge in [0.25, 0.3) is 0 Å². The number of aliphatic imine (C=N–C) groups is 1. The molecule has 0 aliphatic carbocycles. The summed E-state index contributed by atoms with van der Waals surface area (Å²) in [6.07, 6.45) is 2.95. The highest BCUT2D eigenvalue weighted by molar-refractivity contribution is 14.0. The highest BCUT2D eigenvalue weighted by atomic mass is 127. The van der Waals surface area contributed by atoms with Crippen molar-refractivity contribution in [2.24, 2.45) is 4.99 Å². The van der Waals surface area contributed by atoms with E-state index in [1.165, 1.54) is 5.56 Å². The van der Waals surface area contributed by atoms with Gasteiger partial charge in [0.05, 0.1) is 13.2 Å². The van der Waals surface area contributed by atoms with E-state index < -0.39 is 0 Å². The van der Waals surface area contributed by atoms with Gasteiger partial charge in [-0.25, -0.2) is 0 Å². The minimum atomic E-state index is 0. The summed E-state index contributed by atoms with van der Waals surface area (Å²) >= 11 is 0. The molecule has 8 heteroatoms. The summed E-state index contributed by atoms with van der Waals surface area (Å²) in [6, 6.07) is 6.05. The van der Waals surface area contributed by atoms with Gasteiger partial charge in [-0.1, -0.05) is 6.07 Å². The van der Waals surface area contributed by atoms with Crippen LogP contribution in [0.1, 0.15) is 18.4 Å². The molecule has 0 amide bonds. The second kappa shape index (κ2) is 13.9. The third-order valence-corrected chi connectivity index (χ3v) is 3.81. The zero-order chi connectivity index (χ0) is 17.7. The average Bonchev–Trinajstić information content (AvgIpc) is 3.10. The first kappa shape index (κ1) is 22.8. The lowest BCUT2D eigenvalue weighted by molar-refractivity contribution is 0.0689. The number of nitrogens with one attached hydrogen (secondary N) is 2. The van der Waals surface area contributed by atoms with E-state index in [1.54, 1.807) is 14.2 Å². The number of unbranched alkanes of at least 4 members (excludes halogenated alkanes) is 1. The number of hydrogen-bond donors (Lipinski definition) is 2. The Bertz CT molecular complexity index is 543. The largest absolute Gasteiger partial charge is 0.454 e. The number of rotatable bonds is 11. The van der Waals surface area contributed by atoms with E-state index in [4.69, 9.17) is 18.9 Å². The molecule has 26 heavy (non-hydrogen) atoms. The van der Waals surface area contributed by atoms with Gasteiger partial charge in [0, 0.05) is 33.9 Å². The zero-order valence-electron chi connectivity index (χ0n) is 15.6. The fourth-order valence-corrected chi connectivity index (χ4v) is 2.42. The maximum atomic E-state index is 5.44. The predicted molar refractivity (Wildman–Crippen MR) is 113 cm³/mol.